The molecule has 0 fully saturated rings. The number of nitrogens with zero attached hydrogens (tertiary/aromatic N) is 1. The van der Waals surface area contributed by atoms with Crippen molar-refractivity contribution in [1.82, 2.24) is 4.90 Å². The van der Waals surface area contributed by atoms with E-state index >= 15 is 0 Å². The molecule has 0 unspecified atom stereocenters. The van der Waals surface area contributed by atoms with Gasteiger partial charge in [-0.05, 0) is 31.8 Å². The van der Waals surface area contributed by atoms with Crippen LogP contribution in [0.2, 0.25) is 0 Å². The predicted octanol–water partition coefficient (Wildman–Crippen LogP) is 1.73. The molecule has 0 atom stereocenters. The van der Waals surface area contributed by atoms with Crippen molar-refractivity contribution in [3.63, 3.8) is 0 Å². The van der Waals surface area contributed by atoms with Crippen LogP contribution in [0.25, 0.3) is 0 Å². The Bertz CT molecular complexity index is 460. The first-order valence-electron chi connectivity index (χ1n) is 5.23. The summed E-state index contributed by atoms with van der Waals surface area (Å²) >= 11 is 5.43. The van der Waals surface area contributed by atoms with E-state index in [1.807, 2.05) is 37.2 Å². The van der Waals surface area contributed by atoms with Crippen molar-refractivity contribution in [3.05, 3.63) is 29.8 Å². The fourth-order valence-corrected chi connectivity index (χ4v) is 2.83. The third kappa shape index (κ3) is 5.39. The third-order valence-electron chi connectivity index (χ3n) is 2.05. The van der Waals surface area contributed by atoms with E-state index in [1.54, 1.807) is 6.07 Å². The molecule has 1 rings (SSSR count). The average molecular weight is 277 g/mol. The number of nitrogens with one attached hydrogen (secondary N) is 1. The van der Waals surface area contributed by atoms with E-state index in [1.165, 1.54) is 0 Å². The summed E-state index contributed by atoms with van der Waals surface area (Å²) in [5, 5.41) is 0. The molecular weight excluding hydrogens is 260 g/mol. The van der Waals surface area contributed by atoms with Gasteiger partial charge in [-0.15, -0.1) is 11.6 Å². The number of anilines is 1. The van der Waals surface area contributed by atoms with Crippen LogP contribution in [-0.4, -0.2) is 39.0 Å². The van der Waals surface area contributed by atoms with Crippen molar-refractivity contribution in [2.75, 3.05) is 30.5 Å². The first kappa shape index (κ1) is 14.3. The molecule has 0 bridgehead atoms. The van der Waals surface area contributed by atoms with E-state index in [4.69, 9.17) is 11.6 Å². The Morgan fingerprint density at radius 1 is 1.35 bits per heavy atom. The summed E-state index contributed by atoms with van der Waals surface area (Å²) in [5.41, 5.74) is 1.63. The molecular formula is C11H17ClN2O2S. The minimum absolute atomic E-state index is 0.0769. The van der Waals surface area contributed by atoms with Gasteiger partial charge in [0.2, 0.25) is 10.0 Å². The molecule has 0 amide bonds. The number of alkyl halides is 1. The molecule has 0 heterocycles. The van der Waals surface area contributed by atoms with Crippen molar-refractivity contribution in [2.45, 2.75) is 6.54 Å². The molecule has 0 aliphatic carbocycles. The first-order chi connectivity index (χ1) is 7.93. The summed E-state index contributed by atoms with van der Waals surface area (Å²) in [4.78, 5) is 2.02. The van der Waals surface area contributed by atoms with Gasteiger partial charge in [0.1, 0.15) is 0 Å². The minimum atomic E-state index is -3.33. The van der Waals surface area contributed by atoms with Crippen molar-refractivity contribution < 1.29 is 8.42 Å². The maximum Gasteiger partial charge on any atom is 0.233 e. The Labute approximate surface area is 108 Å². The second-order valence-corrected chi connectivity index (χ2v) is 6.27. The molecule has 4 nitrogen and oxygen atoms in total. The van der Waals surface area contributed by atoms with Gasteiger partial charge in [-0.2, -0.15) is 0 Å². The standard InChI is InChI=1S/C11H17ClN2O2S/c1-14(2)9-10-4-3-5-11(8-10)13-17(15,16)7-6-12/h3-5,8,13H,6-7,9H2,1-2H3. The molecule has 0 aliphatic heterocycles. The summed E-state index contributed by atoms with van der Waals surface area (Å²) in [7, 11) is 0.600. The lowest BCUT2D eigenvalue weighted by atomic mass is 10.2. The molecule has 1 N–H and O–H groups in total. The summed E-state index contributed by atoms with van der Waals surface area (Å²) in [6.45, 7) is 0.769. The summed E-state index contributed by atoms with van der Waals surface area (Å²) in [6, 6.07) is 7.34. The fraction of sp³-hybridized carbons (Fsp3) is 0.455. The number of benzene rings is 1. The Hall–Kier alpha value is -0.780. The zero-order chi connectivity index (χ0) is 12.9. The van der Waals surface area contributed by atoms with Crippen LogP contribution < -0.4 is 4.72 Å². The van der Waals surface area contributed by atoms with Crippen LogP contribution in [0.3, 0.4) is 0 Å². The topological polar surface area (TPSA) is 49.4 Å². The van der Waals surface area contributed by atoms with Gasteiger partial charge in [-0.25, -0.2) is 8.42 Å². The van der Waals surface area contributed by atoms with Gasteiger partial charge in [-0.1, -0.05) is 12.1 Å². The van der Waals surface area contributed by atoms with E-state index in [2.05, 4.69) is 4.72 Å². The number of hydrogen-bond acceptors (Lipinski definition) is 3. The monoisotopic (exact) mass is 276 g/mol. The van der Waals surface area contributed by atoms with Gasteiger partial charge in [0.25, 0.3) is 0 Å². The van der Waals surface area contributed by atoms with E-state index in [0.29, 0.717) is 5.69 Å². The quantitative estimate of drug-likeness (QED) is 0.805. The normalized spacial score (nSPS) is 11.8. The smallest absolute Gasteiger partial charge is 0.233 e. The number of rotatable bonds is 6. The molecule has 1 aromatic rings. The highest BCUT2D eigenvalue weighted by molar-refractivity contribution is 7.92. The van der Waals surface area contributed by atoms with Crippen LogP contribution in [0.4, 0.5) is 5.69 Å². The highest BCUT2D eigenvalue weighted by Crippen LogP contribution is 2.13. The van der Waals surface area contributed by atoms with Gasteiger partial charge in [0.05, 0.1) is 5.75 Å². The van der Waals surface area contributed by atoms with E-state index in [0.717, 1.165) is 12.1 Å². The lowest BCUT2D eigenvalue weighted by Crippen LogP contribution is -2.18. The van der Waals surface area contributed by atoms with Crippen molar-refractivity contribution in [2.24, 2.45) is 0 Å². The molecule has 0 spiro atoms. The van der Waals surface area contributed by atoms with Crippen molar-refractivity contribution in [1.29, 1.82) is 0 Å². The van der Waals surface area contributed by atoms with Gasteiger partial charge >= 0.3 is 0 Å². The molecule has 0 aliphatic rings. The Balaban J connectivity index is 2.79. The van der Waals surface area contributed by atoms with Gasteiger partial charge in [0.15, 0.2) is 0 Å². The zero-order valence-electron chi connectivity index (χ0n) is 9.98. The second kappa shape index (κ2) is 6.23. The second-order valence-electron chi connectivity index (χ2n) is 4.05. The molecule has 6 heteroatoms. The molecule has 0 saturated carbocycles. The van der Waals surface area contributed by atoms with Crippen LogP contribution in [0, 0.1) is 0 Å². The van der Waals surface area contributed by atoms with Gasteiger partial charge in [0, 0.05) is 18.1 Å². The Morgan fingerprint density at radius 2 is 2.06 bits per heavy atom. The predicted molar refractivity (Wildman–Crippen MR) is 72.0 cm³/mol. The molecule has 0 aromatic heterocycles. The molecule has 1 aromatic carbocycles. The Kier molecular flexibility index (Phi) is 5.24. The average Bonchev–Trinajstić information content (AvgIpc) is 2.15. The lowest BCUT2D eigenvalue weighted by Gasteiger charge is -2.12. The number of sulfonamides is 1. The van der Waals surface area contributed by atoms with Crippen LogP contribution in [0.1, 0.15) is 5.56 Å². The maximum absolute atomic E-state index is 11.5. The number of hydrogen-bond donors (Lipinski definition) is 1. The minimum Gasteiger partial charge on any atom is -0.305 e. The van der Waals surface area contributed by atoms with Crippen LogP contribution >= 0.6 is 11.6 Å². The van der Waals surface area contributed by atoms with Gasteiger partial charge < -0.3 is 4.90 Å². The summed E-state index contributed by atoms with van der Waals surface area (Å²) in [5.74, 6) is 0.0131. The van der Waals surface area contributed by atoms with Crippen molar-refractivity contribution >= 4 is 27.3 Å². The summed E-state index contributed by atoms with van der Waals surface area (Å²) < 4.78 is 25.6. The SMILES string of the molecule is CN(C)Cc1cccc(NS(=O)(=O)CCCl)c1. The molecule has 0 saturated heterocycles. The molecule has 0 radical (unpaired) electrons. The van der Waals surface area contributed by atoms with E-state index in [9.17, 15) is 8.42 Å². The highest BCUT2D eigenvalue weighted by atomic mass is 35.5. The third-order valence-corrected chi connectivity index (χ3v) is 3.75. The van der Waals surface area contributed by atoms with Crippen molar-refractivity contribution in [3.8, 4) is 0 Å². The lowest BCUT2D eigenvalue weighted by molar-refractivity contribution is 0.402. The first-order valence-corrected chi connectivity index (χ1v) is 7.42. The van der Waals surface area contributed by atoms with E-state index in [-0.39, 0.29) is 11.6 Å². The largest absolute Gasteiger partial charge is 0.305 e. The molecule has 96 valence electrons. The zero-order valence-corrected chi connectivity index (χ0v) is 11.6. The maximum atomic E-state index is 11.5. The van der Waals surface area contributed by atoms with Crippen LogP contribution in [0.5, 0.6) is 0 Å². The Morgan fingerprint density at radius 3 is 2.65 bits per heavy atom. The van der Waals surface area contributed by atoms with Crippen LogP contribution in [0.15, 0.2) is 24.3 Å². The van der Waals surface area contributed by atoms with Gasteiger partial charge in [-0.3, -0.25) is 4.72 Å². The van der Waals surface area contributed by atoms with Crippen LogP contribution in [-0.2, 0) is 16.6 Å². The fourth-order valence-electron chi connectivity index (χ4n) is 1.43. The van der Waals surface area contributed by atoms with E-state index < -0.39 is 10.0 Å². The number of halogens is 1. The highest BCUT2D eigenvalue weighted by Gasteiger charge is 2.09. The summed E-state index contributed by atoms with van der Waals surface area (Å²) in [6.07, 6.45) is 0. The molecule has 17 heavy (non-hydrogen) atoms.